The van der Waals surface area contributed by atoms with Crippen molar-refractivity contribution in [1.29, 1.82) is 0 Å². The number of ether oxygens (including phenoxy) is 1. The van der Waals surface area contributed by atoms with Crippen molar-refractivity contribution in [2.24, 2.45) is 0 Å². The number of aromatic nitrogens is 3. The predicted molar refractivity (Wildman–Crippen MR) is 107 cm³/mol. The summed E-state index contributed by atoms with van der Waals surface area (Å²) in [6, 6.07) is 3.76. The molecule has 3 amide bonds. The maximum atomic E-state index is 12.4. The highest BCUT2D eigenvalue weighted by molar-refractivity contribution is 8.00. The first-order valence-electron chi connectivity index (χ1n) is 9.47. The Labute approximate surface area is 171 Å². The molecule has 2 fully saturated rings. The molecule has 2 aromatic heterocycles. The molecule has 150 valence electrons. The van der Waals surface area contributed by atoms with Crippen molar-refractivity contribution in [2.75, 3.05) is 6.61 Å². The van der Waals surface area contributed by atoms with Gasteiger partial charge in [-0.2, -0.15) is 0 Å². The Morgan fingerprint density at radius 2 is 2.25 bits per heavy atom. The van der Waals surface area contributed by atoms with Gasteiger partial charge in [0.25, 0.3) is 0 Å². The summed E-state index contributed by atoms with van der Waals surface area (Å²) in [7, 11) is 0. The van der Waals surface area contributed by atoms with Crippen LogP contribution in [-0.2, 0) is 16.1 Å². The molecule has 2 N–H and O–H groups in total. The molecule has 1 saturated heterocycles. The molecule has 0 radical (unpaired) electrons. The van der Waals surface area contributed by atoms with Crippen LogP contribution < -0.4 is 10.6 Å². The van der Waals surface area contributed by atoms with Crippen LogP contribution in [0.4, 0.5) is 4.79 Å². The quantitative estimate of drug-likeness (QED) is 0.667. The van der Waals surface area contributed by atoms with Gasteiger partial charge in [0, 0.05) is 12.6 Å². The minimum Gasteiger partial charge on any atom is -0.376 e. The minimum atomic E-state index is -0.478. The summed E-state index contributed by atoms with van der Waals surface area (Å²) < 4.78 is 7.82. The number of thioether (sulfide) groups is 1. The number of hydrogen-bond donors (Lipinski definition) is 2. The molecule has 0 spiro atoms. The summed E-state index contributed by atoms with van der Waals surface area (Å²) in [5.74, 6) is 0.444. The number of carbonyl (C=O) groups excluding carboxylic acids is 2. The Balaban J connectivity index is 1.46. The van der Waals surface area contributed by atoms with Crippen molar-refractivity contribution in [3.8, 4) is 10.7 Å². The number of nitrogens with one attached hydrogen (secondary N) is 2. The fourth-order valence-electron chi connectivity index (χ4n) is 2.99. The first-order chi connectivity index (χ1) is 13.6. The molecular formula is C18H23N5O3S2. The third kappa shape index (κ3) is 4.73. The molecule has 0 aromatic carbocycles. The topological polar surface area (TPSA) is 98.1 Å². The van der Waals surface area contributed by atoms with Gasteiger partial charge >= 0.3 is 6.03 Å². The lowest BCUT2D eigenvalue weighted by Crippen LogP contribution is -2.43. The second kappa shape index (κ2) is 8.62. The number of urea groups is 1. The van der Waals surface area contributed by atoms with Crippen molar-refractivity contribution in [1.82, 2.24) is 25.4 Å². The van der Waals surface area contributed by atoms with Gasteiger partial charge in [0.2, 0.25) is 5.91 Å². The Morgan fingerprint density at radius 1 is 1.39 bits per heavy atom. The van der Waals surface area contributed by atoms with Gasteiger partial charge in [0.1, 0.15) is 0 Å². The highest BCUT2D eigenvalue weighted by Crippen LogP contribution is 2.30. The molecule has 8 nitrogen and oxygen atoms in total. The first-order valence-corrected chi connectivity index (χ1v) is 11.2. The lowest BCUT2D eigenvalue weighted by atomic mass is 10.2. The molecule has 2 aromatic rings. The average Bonchev–Trinajstić information content (AvgIpc) is 3.11. The maximum Gasteiger partial charge on any atom is 0.321 e. The lowest BCUT2D eigenvalue weighted by molar-refractivity contribution is -0.119. The number of rotatable bonds is 7. The van der Waals surface area contributed by atoms with Gasteiger partial charge in [-0.3, -0.25) is 14.7 Å². The van der Waals surface area contributed by atoms with E-state index in [-0.39, 0.29) is 18.1 Å². The number of hydrogen-bond acceptors (Lipinski definition) is 7. The van der Waals surface area contributed by atoms with Gasteiger partial charge in [-0.05, 0) is 44.1 Å². The van der Waals surface area contributed by atoms with E-state index in [1.807, 2.05) is 22.1 Å². The molecule has 28 heavy (non-hydrogen) atoms. The standard InChI is InChI=1S/C18H23N5O3S2/c1-11(16(24)20-17(25)19-12-6-7-12)28-18-22-21-15(14-5-3-9-27-14)23(18)10-13-4-2-8-26-13/h3,5,9,11-13H,2,4,6-8,10H2,1H3,(H2,19,20,24,25)/t11-,13-/m0/s1. The highest BCUT2D eigenvalue weighted by atomic mass is 32.2. The Morgan fingerprint density at radius 3 is 2.93 bits per heavy atom. The molecule has 1 aliphatic heterocycles. The smallest absolute Gasteiger partial charge is 0.321 e. The fourth-order valence-corrected chi connectivity index (χ4v) is 4.57. The number of amides is 3. The van der Waals surface area contributed by atoms with Gasteiger partial charge < -0.3 is 10.1 Å². The molecule has 3 heterocycles. The van der Waals surface area contributed by atoms with E-state index >= 15 is 0 Å². The van der Waals surface area contributed by atoms with Crippen LogP contribution in [0, 0.1) is 0 Å². The van der Waals surface area contributed by atoms with Crippen LogP contribution in [0.5, 0.6) is 0 Å². The number of carbonyl (C=O) groups is 2. The van der Waals surface area contributed by atoms with Crippen LogP contribution in [-0.4, -0.2) is 50.7 Å². The molecule has 0 bridgehead atoms. The zero-order valence-corrected chi connectivity index (χ0v) is 17.2. The molecule has 2 atom stereocenters. The Hall–Kier alpha value is -1.91. The van der Waals surface area contributed by atoms with E-state index < -0.39 is 11.3 Å². The zero-order valence-electron chi connectivity index (χ0n) is 15.6. The fraction of sp³-hybridized carbons (Fsp3) is 0.556. The lowest BCUT2D eigenvalue weighted by Gasteiger charge is -2.16. The molecule has 4 rings (SSSR count). The molecule has 10 heteroatoms. The second-order valence-corrected chi connectivity index (χ2v) is 9.28. The van der Waals surface area contributed by atoms with E-state index in [1.165, 1.54) is 11.8 Å². The van der Waals surface area contributed by atoms with Crippen LogP contribution >= 0.6 is 23.1 Å². The van der Waals surface area contributed by atoms with Gasteiger partial charge in [-0.15, -0.1) is 21.5 Å². The summed E-state index contributed by atoms with van der Waals surface area (Å²) in [6.07, 6.45) is 4.14. The van der Waals surface area contributed by atoms with Crippen LogP contribution in [0.3, 0.4) is 0 Å². The van der Waals surface area contributed by atoms with E-state index in [9.17, 15) is 9.59 Å². The third-order valence-corrected chi connectivity index (χ3v) is 6.62. The van der Waals surface area contributed by atoms with Crippen molar-refractivity contribution in [2.45, 2.75) is 61.7 Å². The van der Waals surface area contributed by atoms with E-state index in [0.29, 0.717) is 11.7 Å². The van der Waals surface area contributed by atoms with Crippen LogP contribution in [0.15, 0.2) is 22.7 Å². The summed E-state index contributed by atoms with van der Waals surface area (Å²) in [5.41, 5.74) is 0. The monoisotopic (exact) mass is 421 g/mol. The maximum absolute atomic E-state index is 12.4. The number of imide groups is 1. The normalized spacial score (nSPS) is 20.1. The summed E-state index contributed by atoms with van der Waals surface area (Å²) in [6.45, 7) is 3.19. The van der Waals surface area contributed by atoms with E-state index in [2.05, 4.69) is 20.8 Å². The Bertz CT molecular complexity index is 828. The van der Waals surface area contributed by atoms with Gasteiger partial charge in [0.15, 0.2) is 11.0 Å². The number of thiophene rings is 1. The van der Waals surface area contributed by atoms with Gasteiger partial charge in [-0.25, -0.2) is 4.79 Å². The summed E-state index contributed by atoms with van der Waals surface area (Å²) in [4.78, 5) is 25.2. The number of nitrogens with zero attached hydrogens (tertiary/aromatic N) is 3. The molecule has 2 aliphatic rings. The van der Waals surface area contributed by atoms with Gasteiger partial charge in [-0.1, -0.05) is 17.8 Å². The van der Waals surface area contributed by atoms with Crippen molar-refractivity contribution in [3.05, 3.63) is 17.5 Å². The van der Waals surface area contributed by atoms with Crippen LogP contribution in [0.2, 0.25) is 0 Å². The highest BCUT2D eigenvalue weighted by Gasteiger charge is 2.27. The minimum absolute atomic E-state index is 0.127. The van der Waals surface area contributed by atoms with Crippen LogP contribution in [0.1, 0.15) is 32.6 Å². The van der Waals surface area contributed by atoms with Crippen molar-refractivity contribution in [3.63, 3.8) is 0 Å². The van der Waals surface area contributed by atoms with E-state index in [4.69, 9.17) is 4.74 Å². The zero-order chi connectivity index (χ0) is 19.5. The van der Waals surface area contributed by atoms with Crippen molar-refractivity contribution < 1.29 is 14.3 Å². The van der Waals surface area contributed by atoms with Crippen LogP contribution in [0.25, 0.3) is 10.7 Å². The SMILES string of the molecule is C[C@H](Sc1nnc(-c2cccs2)n1C[C@@H]1CCCO1)C(=O)NC(=O)NC1CC1. The van der Waals surface area contributed by atoms with E-state index in [1.54, 1.807) is 18.3 Å². The van der Waals surface area contributed by atoms with E-state index in [0.717, 1.165) is 43.0 Å². The Kier molecular flexibility index (Phi) is 5.98. The molecule has 1 saturated carbocycles. The summed E-state index contributed by atoms with van der Waals surface area (Å²) >= 11 is 2.90. The van der Waals surface area contributed by atoms with Gasteiger partial charge in [0.05, 0.1) is 22.8 Å². The summed E-state index contributed by atoms with van der Waals surface area (Å²) in [5, 5.41) is 16.0. The third-order valence-electron chi connectivity index (χ3n) is 4.67. The van der Waals surface area contributed by atoms with Crippen molar-refractivity contribution >= 4 is 35.0 Å². The average molecular weight is 422 g/mol. The molecule has 1 aliphatic carbocycles. The largest absolute Gasteiger partial charge is 0.376 e. The molecular weight excluding hydrogens is 398 g/mol. The second-order valence-electron chi connectivity index (χ2n) is 7.03. The predicted octanol–water partition coefficient (Wildman–Crippen LogP) is 2.65. The molecule has 0 unspecified atom stereocenters. The first kappa shape index (κ1) is 19.4.